The Morgan fingerprint density at radius 1 is 1.05 bits per heavy atom. The summed E-state index contributed by atoms with van der Waals surface area (Å²) in [6.45, 7) is 4.00. The van der Waals surface area contributed by atoms with Gasteiger partial charge >= 0.3 is 0 Å². The van der Waals surface area contributed by atoms with Gasteiger partial charge in [-0.15, -0.1) is 0 Å². The molecule has 2 N–H and O–H groups in total. The average molecular weight is 272 g/mol. The summed E-state index contributed by atoms with van der Waals surface area (Å²) in [6, 6.07) is 2.01. The summed E-state index contributed by atoms with van der Waals surface area (Å²) in [7, 11) is 0. The van der Waals surface area contributed by atoms with Gasteiger partial charge in [-0.1, -0.05) is 0 Å². The standard InChI is InChI=1S/C17H24N2O/c1-9-3-15(19-10(2)16(9)18)20-17-13-5-11-4-12(7-13)8-14(17)6-11/h3,11-14,17H,4-8,18H2,1-2H3. The quantitative estimate of drug-likeness (QED) is 0.896. The van der Waals surface area contributed by atoms with Crippen molar-refractivity contribution < 1.29 is 4.74 Å². The summed E-state index contributed by atoms with van der Waals surface area (Å²) in [6.07, 6.45) is 7.40. The number of ether oxygens (including phenoxy) is 1. The van der Waals surface area contributed by atoms with Crippen LogP contribution in [-0.4, -0.2) is 11.1 Å². The van der Waals surface area contributed by atoms with Crippen molar-refractivity contribution >= 4 is 5.69 Å². The van der Waals surface area contributed by atoms with Gasteiger partial charge in [-0.3, -0.25) is 0 Å². The van der Waals surface area contributed by atoms with Crippen molar-refractivity contribution in [1.29, 1.82) is 0 Å². The molecule has 5 rings (SSSR count). The molecular weight excluding hydrogens is 248 g/mol. The number of pyridine rings is 1. The number of nitrogens with two attached hydrogens (primary N) is 1. The molecule has 0 radical (unpaired) electrons. The number of nitrogen functional groups attached to an aromatic ring is 1. The molecule has 4 aliphatic carbocycles. The molecule has 1 aromatic heterocycles. The Morgan fingerprint density at radius 2 is 1.65 bits per heavy atom. The Bertz CT molecular complexity index is 489. The zero-order valence-electron chi connectivity index (χ0n) is 12.4. The van der Waals surface area contributed by atoms with Gasteiger partial charge in [-0.2, -0.15) is 0 Å². The van der Waals surface area contributed by atoms with Gasteiger partial charge in [0.1, 0.15) is 6.10 Å². The Kier molecular flexibility index (Phi) is 2.73. The summed E-state index contributed by atoms with van der Waals surface area (Å²) in [5.74, 6) is 4.30. The van der Waals surface area contributed by atoms with Crippen molar-refractivity contribution in [1.82, 2.24) is 4.98 Å². The van der Waals surface area contributed by atoms with Crippen LogP contribution in [0.2, 0.25) is 0 Å². The van der Waals surface area contributed by atoms with Crippen molar-refractivity contribution in [3.8, 4) is 5.88 Å². The topological polar surface area (TPSA) is 48.1 Å². The van der Waals surface area contributed by atoms with Gasteiger partial charge in [0.05, 0.1) is 11.4 Å². The van der Waals surface area contributed by atoms with Crippen molar-refractivity contribution in [3.63, 3.8) is 0 Å². The molecule has 4 saturated carbocycles. The molecule has 0 aromatic carbocycles. The van der Waals surface area contributed by atoms with Gasteiger partial charge in [0.2, 0.25) is 5.88 Å². The first-order chi connectivity index (χ1) is 9.60. The molecule has 1 aromatic rings. The van der Waals surface area contributed by atoms with Crippen LogP contribution in [0.25, 0.3) is 0 Å². The van der Waals surface area contributed by atoms with Gasteiger partial charge in [-0.05, 0) is 75.2 Å². The fourth-order valence-corrected chi connectivity index (χ4v) is 5.07. The molecule has 0 spiro atoms. The first-order valence-corrected chi connectivity index (χ1v) is 8.00. The number of anilines is 1. The van der Waals surface area contributed by atoms with E-state index in [0.717, 1.165) is 46.5 Å². The maximum atomic E-state index is 6.34. The molecule has 3 nitrogen and oxygen atoms in total. The lowest BCUT2D eigenvalue weighted by Crippen LogP contribution is -2.50. The van der Waals surface area contributed by atoms with E-state index >= 15 is 0 Å². The highest BCUT2D eigenvalue weighted by atomic mass is 16.5. The van der Waals surface area contributed by atoms with Crippen LogP contribution in [0.1, 0.15) is 43.4 Å². The van der Waals surface area contributed by atoms with Crippen molar-refractivity contribution in [2.45, 2.75) is 52.1 Å². The van der Waals surface area contributed by atoms with Gasteiger partial charge in [-0.25, -0.2) is 4.98 Å². The Labute approximate surface area is 120 Å². The van der Waals surface area contributed by atoms with E-state index < -0.39 is 0 Å². The van der Waals surface area contributed by atoms with Crippen LogP contribution < -0.4 is 10.5 Å². The SMILES string of the molecule is Cc1cc(OC2C3CC4CC(C3)CC2C4)nc(C)c1N. The van der Waals surface area contributed by atoms with Gasteiger partial charge in [0.25, 0.3) is 0 Å². The zero-order valence-corrected chi connectivity index (χ0v) is 12.4. The number of hydrogen-bond donors (Lipinski definition) is 1. The minimum absolute atomic E-state index is 0.401. The highest BCUT2D eigenvalue weighted by Crippen LogP contribution is 2.54. The highest BCUT2D eigenvalue weighted by molar-refractivity contribution is 5.51. The summed E-state index contributed by atoms with van der Waals surface area (Å²) < 4.78 is 6.34. The van der Waals surface area contributed by atoms with E-state index in [2.05, 4.69) is 4.98 Å². The molecular formula is C17H24N2O. The van der Waals surface area contributed by atoms with Crippen LogP contribution in [0, 0.1) is 37.5 Å². The molecule has 4 fully saturated rings. The number of aromatic nitrogens is 1. The number of aryl methyl sites for hydroxylation is 2. The molecule has 0 saturated heterocycles. The normalized spacial score (nSPS) is 38.2. The molecule has 3 heteroatoms. The molecule has 0 atom stereocenters. The van der Waals surface area contributed by atoms with Gasteiger partial charge in [0.15, 0.2) is 0 Å². The lowest BCUT2D eigenvalue weighted by Gasteiger charge is -2.53. The van der Waals surface area contributed by atoms with Crippen LogP contribution in [0.15, 0.2) is 6.07 Å². The van der Waals surface area contributed by atoms with E-state index in [-0.39, 0.29) is 0 Å². The molecule has 4 bridgehead atoms. The van der Waals surface area contributed by atoms with Crippen molar-refractivity contribution in [2.75, 3.05) is 5.73 Å². The number of hydrogen-bond acceptors (Lipinski definition) is 3. The monoisotopic (exact) mass is 272 g/mol. The lowest BCUT2D eigenvalue weighted by atomic mass is 9.55. The summed E-state index contributed by atoms with van der Waals surface area (Å²) in [4.78, 5) is 4.54. The third-order valence-electron chi connectivity index (χ3n) is 5.83. The predicted molar refractivity (Wildman–Crippen MR) is 79.6 cm³/mol. The van der Waals surface area contributed by atoms with Crippen LogP contribution in [0.3, 0.4) is 0 Å². The van der Waals surface area contributed by atoms with Crippen molar-refractivity contribution in [2.24, 2.45) is 23.7 Å². The smallest absolute Gasteiger partial charge is 0.214 e. The second-order valence-electron chi connectivity index (χ2n) is 7.29. The molecule has 0 aliphatic heterocycles. The predicted octanol–water partition coefficient (Wildman–Crippen LogP) is 3.48. The molecule has 1 heterocycles. The summed E-state index contributed by atoms with van der Waals surface area (Å²) in [5.41, 5.74) is 8.75. The largest absolute Gasteiger partial charge is 0.474 e. The minimum atomic E-state index is 0.401. The van der Waals surface area contributed by atoms with Crippen LogP contribution >= 0.6 is 0 Å². The third-order valence-corrected chi connectivity index (χ3v) is 5.83. The van der Waals surface area contributed by atoms with E-state index in [1.54, 1.807) is 0 Å². The average Bonchev–Trinajstić information content (AvgIpc) is 2.39. The summed E-state index contributed by atoms with van der Waals surface area (Å²) >= 11 is 0. The van der Waals surface area contributed by atoms with Crippen LogP contribution in [0.4, 0.5) is 5.69 Å². The third kappa shape index (κ3) is 1.90. The lowest BCUT2D eigenvalue weighted by molar-refractivity contribution is -0.0805. The molecule has 0 unspecified atom stereocenters. The fourth-order valence-electron chi connectivity index (χ4n) is 5.07. The van der Waals surface area contributed by atoms with E-state index in [4.69, 9.17) is 10.5 Å². The zero-order chi connectivity index (χ0) is 13.9. The highest BCUT2D eigenvalue weighted by Gasteiger charge is 2.49. The Morgan fingerprint density at radius 3 is 2.20 bits per heavy atom. The van der Waals surface area contributed by atoms with Crippen LogP contribution in [0.5, 0.6) is 5.88 Å². The first-order valence-electron chi connectivity index (χ1n) is 8.00. The van der Waals surface area contributed by atoms with E-state index in [1.165, 1.54) is 32.1 Å². The molecule has 108 valence electrons. The van der Waals surface area contributed by atoms with Gasteiger partial charge < -0.3 is 10.5 Å². The Balaban J connectivity index is 1.57. The van der Waals surface area contributed by atoms with E-state index in [1.807, 2.05) is 19.9 Å². The molecule has 0 amide bonds. The number of nitrogens with zero attached hydrogens (tertiary/aromatic N) is 1. The second kappa shape index (κ2) is 4.37. The summed E-state index contributed by atoms with van der Waals surface area (Å²) in [5, 5.41) is 0. The van der Waals surface area contributed by atoms with Gasteiger partial charge in [0, 0.05) is 6.07 Å². The Hall–Kier alpha value is -1.25. The number of rotatable bonds is 2. The molecule has 20 heavy (non-hydrogen) atoms. The second-order valence-corrected chi connectivity index (χ2v) is 7.29. The maximum Gasteiger partial charge on any atom is 0.214 e. The minimum Gasteiger partial charge on any atom is -0.474 e. The van der Waals surface area contributed by atoms with Crippen LogP contribution in [-0.2, 0) is 0 Å². The molecule has 4 aliphatic rings. The van der Waals surface area contributed by atoms with E-state index in [9.17, 15) is 0 Å². The fraction of sp³-hybridized carbons (Fsp3) is 0.706. The van der Waals surface area contributed by atoms with E-state index in [0.29, 0.717) is 6.10 Å². The van der Waals surface area contributed by atoms with Crippen molar-refractivity contribution in [3.05, 3.63) is 17.3 Å². The first kappa shape index (κ1) is 12.5. The maximum absolute atomic E-state index is 6.34.